The topological polar surface area (TPSA) is 51.4 Å². The van der Waals surface area contributed by atoms with Crippen LogP contribution in [0.5, 0.6) is 0 Å². The van der Waals surface area contributed by atoms with E-state index in [0.717, 1.165) is 43.0 Å². The van der Waals surface area contributed by atoms with Gasteiger partial charge in [-0.15, -0.1) is 0 Å². The van der Waals surface area contributed by atoms with Gasteiger partial charge in [-0.1, -0.05) is 20.8 Å². The van der Waals surface area contributed by atoms with Crippen molar-refractivity contribution >= 4 is 5.82 Å². The van der Waals surface area contributed by atoms with Crippen LogP contribution in [0.3, 0.4) is 0 Å². The van der Waals surface area contributed by atoms with Crippen LogP contribution in [0.4, 0.5) is 5.82 Å². The fourth-order valence-electron chi connectivity index (χ4n) is 2.56. The number of aromatic nitrogens is 1. The molecule has 0 unspecified atom stereocenters. The van der Waals surface area contributed by atoms with E-state index in [9.17, 15) is 0 Å². The van der Waals surface area contributed by atoms with E-state index in [2.05, 4.69) is 37.8 Å². The summed E-state index contributed by atoms with van der Waals surface area (Å²) in [7, 11) is 1.80. The number of methoxy groups -OCH3 is 1. The molecule has 112 valence electrons. The monoisotopic (exact) mass is 277 g/mol. The first-order chi connectivity index (χ1) is 9.44. The zero-order chi connectivity index (χ0) is 14.8. The number of piperidine rings is 1. The Morgan fingerprint density at radius 2 is 1.95 bits per heavy atom. The van der Waals surface area contributed by atoms with Crippen molar-refractivity contribution in [2.45, 2.75) is 51.7 Å². The molecule has 1 aliphatic rings. The Morgan fingerprint density at radius 3 is 2.45 bits per heavy atom. The summed E-state index contributed by atoms with van der Waals surface area (Å²) in [6, 6.07) is 4.26. The maximum atomic E-state index is 5.84. The van der Waals surface area contributed by atoms with Gasteiger partial charge in [0.05, 0.1) is 6.10 Å². The summed E-state index contributed by atoms with van der Waals surface area (Å²) in [5, 5.41) is 0. The summed E-state index contributed by atoms with van der Waals surface area (Å²) in [5.41, 5.74) is 8.16. The van der Waals surface area contributed by atoms with Crippen LogP contribution in [0.15, 0.2) is 12.1 Å². The lowest BCUT2D eigenvalue weighted by molar-refractivity contribution is 0.0818. The van der Waals surface area contributed by atoms with Gasteiger partial charge < -0.3 is 15.4 Å². The first kappa shape index (κ1) is 15.3. The fourth-order valence-corrected chi connectivity index (χ4v) is 2.56. The number of nitrogens with two attached hydrogens (primary N) is 1. The highest BCUT2D eigenvalue weighted by Crippen LogP contribution is 2.26. The Kier molecular flexibility index (Phi) is 4.66. The Labute approximate surface area is 122 Å². The summed E-state index contributed by atoms with van der Waals surface area (Å²) in [4.78, 5) is 7.21. The molecule has 2 heterocycles. The second kappa shape index (κ2) is 6.10. The number of pyridine rings is 1. The van der Waals surface area contributed by atoms with E-state index in [4.69, 9.17) is 15.5 Å². The molecule has 1 aliphatic heterocycles. The zero-order valence-electron chi connectivity index (χ0n) is 13.1. The molecule has 4 nitrogen and oxygen atoms in total. The molecule has 1 fully saturated rings. The van der Waals surface area contributed by atoms with E-state index in [1.54, 1.807) is 7.11 Å². The normalized spacial score (nSPS) is 17.6. The minimum atomic E-state index is 0.0464. The van der Waals surface area contributed by atoms with E-state index in [-0.39, 0.29) is 5.41 Å². The highest BCUT2D eigenvalue weighted by molar-refractivity contribution is 5.44. The first-order valence-corrected chi connectivity index (χ1v) is 7.43. The summed E-state index contributed by atoms with van der Waals surface area (Å²) < 4.78 is 5.43. The molecule has 2 rings (SSSR count). The van der Waals surface area contributed by atoms with Crippen molar-refractivity contribution in [2.75, 3.05) is 25.1 Å². The molecule has 0 amide bonds. The van der Waals surface area contributed by atoms with Crippen LogP contribution >= 0.6 is 0 Å². The first-order valence-electron chi connectivity index (χ1n) is 7.43. The van der Waals surface area contributed by atoms with Gasteiger partial charge in [0.15, 0.2) is 0 Å². The molecule has 0 atom stereocenters. The SMILES string of the molecule is COC1CCN(c2cc(CN)cc(C(C)(C)C)n2)CC1. The zero-order valence-corrected chi connectivity index (χ0v) is 13.1. The Hall–Kier alpha value is -1.13. The summed E-state index contributed by atoms with van der Waals surface area (Å²) in [6.45, 7) is 9.14. The molecular weight excluding hydrogens is 250 g/mol. The quantitative estimate of drug-likeness (QED) is 0.922. The number of ether oxygens (including phenoxy) is 1. The third-order valence-electron chi connectivity index (χ3n) is 3.98. The minimum Gasteiger partial charge on any atom is -0.381 e. The minimum absolute atomic E-state index is 0.0464. The number of hydrogen-bond acceptors (Lipinski definition) is 4. The van der Waals surface area contributed by atoms with Crippen LogP contribution in [0.2, 0.25) is 0 Å². The van der Waals surface area contributed by atoms with Crippen molar-refractivity contribution in [2.24, 2.45) is 5.73 Å². The van der Waals surface area contributed by atoms with E-state index in [0.29, 0.717) is 12.6 Å². The molecule has 0 spiro atoms. The summed E-state index contributed by atoms with van der Waals surface area (Å²) >= 11 is 0. The lowest BCUT2D eigenvalue weighted by atomic mass is 9.90. The second-order valence-electron chi connectivity index (χ2n) is 6.60. The highest BCUT2D eigenvalue weighted by Gasteiger charge is 2.22. The molecule has 4 heteroatoms. The van der Waals surface area contributed by atoms with Gasteiger partial charge >= 0.3 is 0 Å². The molecule has 0 aliphatic carbocycles. The molecule has 0 saturated carbocycles. The van der Waals surface area contributed by atoms with Crippen molar-refractivity contribution in [1.29, 1.82) is 0 Å². The van der Waals surface area contributed by atoms with Crippen molar-refractivity contribution in [3.63, 3.8) is 0 Å². The van der Waals surface area contributed by atoms with Gasteiger partial charge in [-0.2, -0.15) is 0 Å². The van der Waals surface area contributed by atoms with Crippen LogP contribution in [0.25, 0.3) is 0 Å². The maximum absolute atomic E-state index is 5.84. The molecule has 20 heavy (non-hydrogen) atoms. The van der Waals surface area contributed by atoms with Gasteiger partial charge in [0.1, 0.15) is 5.82 Å². The Balaban J connectivity index is 2.23. The van der Waals surface area contributed by atoms with Crippen molar-refractivity contribution in [1.82, 2.24) is 4.98 Å². The lowest BCUT2D eigenvalue weighted by Gasteiger charge is -2.33. The molecule has 2 N–H and O–H groups in total. The van der Waals surface area contributed by atoms with Crippen LogP contribution in [-0.4, -0.2) is 31.3 Å². The van der Waals surface area contributed by atoms with Crippen LogP contribution in [0.1, 0.15) is 44.9 Å². The van der Waals surface area contributed by atoms with Gasteiger partial charge in [0, 0.05) is 37.9 Å². The van der Waals surface area contributed by atoms with Crippen LogP contribution in [-0.2, 0) is 16.7 Å². The largest absolute Gasteiger partial charge is 0.381 e. The fraction of sp³-hybridized carbons (Fsp3) is 0.688. The molecule has 0 bridgehead atoms. The highest BCUT2D eigenvalue weighted by atomic mass is 16.5. The number of nitrogens with zero attached hydrogens (tertiary/aromatic N) is 2. The molecule has 1 aromatic rings. The number of hydrogen-bond donors (Lipinski definition) is 1. The number of rotatable bonds is 3. The standard InChI is InChI=1S/C16H27N3O/c1-16(2,3)14-9-12(11-17)10-15(18-14)19-7-5-13(20-4)6-8-19/h9-10,13H,5-8,11,17H2,1-4H3. The molecular formula is C16H27N3O. The summed E-state index contributed by atoms with van der Waals surface area (Å²) in [6.07, 6.45) is 2.53. The lowest BCUT2D eigenvalue weighted by Crippen LogP contribution is -2.37. The van der Waals surface area contributed by atoms with Gasteiger partial charge in [-0.3, -0.25) is 0 Å². The smallest absolute Gasteiger partial charge is 0.129 e. The molecule has 0 radical (unpaired) electrons. The van der Waals surface area contributed by atoms with Gasteiger partial charge in [-0.25, -0.2) is 4.98 Å². The van der Waals surface area contributed by atoms with Crippen LogP contribution < -0.4 is 10.6 Å². The van der Waals surface area contributed by atoms with Gasteiger partial charge in [0.25, 0.3) is 0 Å². The van der Waals surface area contributed by atoms with Crippen molar-refractivity contribution < 1.29 is 4.74 Å². The maximum Gasteiger partial charge on any atom is 0.129 e. The van der Waals surface area contributed by atoms with Gasteiger partial charge in [0.2, 0.25) is 0 Å². The Bertz CT molecular complexity index is 446. The average molecular weight is 277 g/mol. The van der Waals surface area contributed by atoms with Crippen molar-refractivity contribution in [3.8, 4) is 0 Å². The van der Waals surface area contributed by atoms with E-state index in [1.165, 1.54) is 0 Å². The van der Waals surface area contributed by atoms with Crippen molar-refractivity contribution in [3.05, 3.63) is 23.4 Å². The number of anilines is 1. The molecule has 1 saturated heterocycles. The third-order valence-corrected chi connectivity index (χ3v) is 3.98. The average Bonchev–Trinajstić information content (AvgIpc) is 2.46. The summed E-state index contributed by atoms with van der Waals surface area (Å²) in [5.74, 6) is 1.06. The molecule has 1 aromatic heterocycles. The van der Waals surface area contributed by atoms with Gasteiger partial charge in [-0.05, 0) is 30.5 Å². The third kappa shape index (κ3) is 3.49. The van der Waals surface area contributed by atoms with Crippen LogP contribution in [0, 0.1) is 0 Å². The van der Waals surface area contributed by atoms with E-state index >= 15 is 0 Å². The second-order valence-corrected chi connectivity index (χ2v) is 6.60. The van der Waals surface area contributed by atoms with E-state index in [1.807, 2.05) is 0 Å². The Morgan fingerprint density at radius 1 is 1.30 bits per heavy atom. The predicted molar refractivity (Wildman–Crippen MR) is 83.1 cm³/mol. The molecule has 0 aromatic carbocycles. The predicted octanol–water partition coefficient (Wildman–Crippen LogP) is 2.45. The van der Waals surface area contributed by atoms with E-state index < -0.39 is 0 Å².